The number of para-hydroxylation sites is 1. The Morgan fingerprint density at radius 3 is 2.48 bits per heavy atom. The number of aliphatic hydroxyl groups is 1. The normalized spacial score (nSPS) is 17.8. The molecule has 0 spiro atoms. The molecule has 0 aliphatic carbocycles. The van der Waals surface area contributed by atoms with Crippen LogP contribution < -0.4 is 4.90 Å². The second-order valence-corrected chi connectivity index (χ2v) is 8.47. The van der Waals surface area contributed by atoms with Gasteiger partial charge in [0, 0.05) is 5.56 Å². The molecule has 1 N–H and O–H groups in total. The van der Waals surface area contributed by atoms with Crippen LogP contribution in [0, 0.1) is 13.8 Å². The van der Waals surface area contributed by atoms with E-state index in [-0.39, 0.29) is 12.2 Å². The van der Waals surface area contributed by atoms with E-state index >= 15 is 0 Å². The summed E-state index contributed by atoms with van der Waals surface area (Å²) in [6, 6.07) is 23.0. The Hall–Kier alpha value is -3.76. The summed E-state index contributed by atoms with van der Waals surface area (Å²) >= 11 is 0. The summed E-state index contributed by atoms with van der Waals surface area (Å²) in [6.07, 6.45) is 6.40. The Morgan fingerprint density at radius 1 is 0.970 bits per heavy atom. The molecule has 1 aliphatic rings. The highest BCUT2D eigenvalue weighted by Gasteiger charge is 2.50. The van der Waals surface area contributed by atoms with Crippen molar-refractivity contribution in [3.8, 4) is 0 Å². The predicted octanol–water partition coefficient (Wildman–Crippen LogP) is 5.27. The zero-order valence-corrected chi connectivity index (χ0v) is 18.9. The predicted molar refractivity (Wildman–Crippen MR) is 132 cm³/mol. The molecule has 0 bridgehead atoms. The lowest BCUT2D eigenvalue weighted by Crippen LogP contribution is -2.41. The van der Waals surface area contributed by atoms with Crippen molar-refractivity contribution >= 4 is 23.5 Å². The number of allylic oxidation sites excluding steroid dienone is 3. The van der Waals surface area contributed by atoms with E-state index in [2.05, 4.69) is 6.07 Å². The maximum atomic E-state index is 13.4. The van der Waals surface area contributed by atoms with E-state index in [0.717, 1.165) is 22.3 Å². The zero-order valence-electron chi connectivity index (χ0n) is 18.9. The van der Waals surface area contributed by atoms with Crippen molar-refractivity contribution in [2.24, 2.45) is 0 Å². The third-order valence-corrected chi connectivity index (χ3v) is 5.98. The van der Waals surface area contributed by atoms with Crippen molar-refractivity contribution < 1.29 is 14.7 Å². The molecule has 33 heavy (non-hydrogen) atoms. The van der Waals surface area contributed by atoms with Crippen LogP contribution in [0.1, 0.15) is 34.2 Å². The number of hydrogen-bond acceptors (Lipinski definition) is 3. The van der Waals surface area contributed by atoms with Crippen LogP contribution in [-0.4, -0.2) is 16.8 Å². The van der Waals surface area contributed by atoms with Gasteiger partial charge in [0.2, 0.25) is 0 Å². The maximum absolute atomic E-state index is 13.4. The van der Waals surface area contributed by atoms with Crippen molar-refractivity contribution in [2.75, 3.05) is 4.90 Å². The third kappa shape index (κ3) is 4.71. The second-order valence-electron chi connectivity index (χ2n) is 8.47. The fourth-order valence-electron chi connectivity index (χ4n) is 4.18. The van der Waals surface area contributed by atoms with Gasteiger partial charge in [0.25, 0.3) is 5.91 Å². The van der Waals surface area contributed by atoms with Gasteiger partial charge in [0.15, 0.2) is 11.4 Å². The van der Waals surface area contributed by atoms with Crippen LogP contribution in [0.25, 0.3) is 6.08 Å². The molecule has 3 aromatic rings. The van der Waals surface area contributed by atoms with Gasteiger partial charge in [-0.15, -0.1) is 0 Å². The van der Waals surface area contributed by atoms with Crippen LogP contribution in [-0.2, 0) is 21.7 Å². The number of carbonyl (C=O) groups excluding carboxylic acids is 2. The number of anilines is 1. The third-order valence-electron chi connectivity index (χ3n) is 5.98. The number of amides is 1. The molecule has 1 heterocycles. The first-order chi connectivity index (χ1) is 15.9. The quantitative estimate of drug-likeness (QED) is 0.405. The molecule has 0 saturated heterocycles. The first-order valence-electron chi connectivity index (χ1n) is 11.0. The molecule has 0 fully saturated rings. The van der Waals surface area contributed by atoms with Crippen LogP contribution >= 0.6 is 0 Å². The minimum Gasteiger partial charge on any atom is -0.375 e. The van der Waals surface area contributed by atoms with E-state index in [4.69, 9.17) is 0 Å². The van der Waals surface area contributed by atoms with Crippen molar-refractivity contribution in [2.45, 2.75) is 32.4 Å². The van der Waals surface area contributed by atoms with Crippen molar-refractivity contribution in [1.29, 1.82) is 0 Å². The molecule has 3 aromatic carbocycles. The highest BCUT2D eigenvalue weighted by atomic mass is 16.3. The Bertz CT molecular complexity index is 1240. The SMILES string of the molecule is Cc1ccc(C)c(CN2C(=O)C(O)(CC(=O)C=CC=Cc3ccccc3)c3ccccc32)c1. The van der Waals surface area contributed by atoms with Gasteiger partial charge < -0.3 is 10.0 Å². The fourth-order valence-corrected chi connectivity index (χ4v) is 4.18. The molecule has 0 aromatic heterocycles. The average Bonchev–Trinajstić information content (AvgIpc) is 3.01. The molecular weight excluding hydrogens is 410 g/mol. The van der Waals surface area contributed by atoms with Gasteiger partial charge in [0.1, 0.15) is 0 Å². The summed E-state index contributed by atoms with van der Waals surface area (Å²) in [6.45, 7) is 4.36. The number of benzene rings is 3. The van der Waals surface area contributed by atoms with Gasteiger partial charge in [-0.2, -0.15) is 0 Å². The minimum atomic E-state index is -1.88. The van der Waals surface area contributed by atoms with Gasteiger partial charge in [-0.1, -0.05) is 90.5 Å². The summed E-state index contributed by atoms with van der Waals surface area (Å²) in [5.41, 5.74) is 3.46. The zero-order chi connectivity index (χ0) is 23.4. The lowest BCUT2D eigenvalue weighted by atomic mass is 9.90. The molecular formula is C29H27NO3. The van der Waals surface area contributed by atoms with Crippen LogP contribution in [0.5, 0.6) is 0 Å². The molecule has 1 atom stereocenters. The monoisotopic (exact) mass is 437 g/mol. The molecule has 166 valence electrons. The van der Waals surface area contributed by atoms with Crippen molar-refractivity contribution in [3.05, 3.63) is 119 Å². The summed E-state index contributed by atoms with van der Waals surface area (Å²) in [4.78, 5) is 27.7. The fraction of sp³-hybridized carbons (Fsp3) is 0.172. The number of aryl methyl sites for hydroxylation is 2. The van der Waals surface area contributed by atoms with Crippen molar-refractivity contribution in [3.63, 3.8) is 0 Å². The lowest BCUT2D eigenvalue weighted by Gasteiger charge is -2.23. The van der Waals surface area contributed by atoms with Crippen LogP contribution in [0.2, 0.25) is 0 Å². The first-order valence-corrected chi connectivity index (χ1v) is 11.0. The van der Waals surface area contributed by atoms with Crippen LogP contribution in [0.3, 0.4) is 0 Å². The molecule has 1 amide bonds. The number of carbonyl (C=O) groups is 2. The topological polar surface area (TPSA) is 57.6 Å². The number of hydrogen-bond donors (Lipinski definition) is 1. The minimum absolute atomic E-state index is 0.304. The van der Waals surface area contributed by atoms with E-state index in [9.17, 15) is 14.7 Å². The molecule has 1 unspecified atom stereocenters. The van der Waals surface area contributed by atoms with Gasteiger partial charge in [-0.05, 0) is 42.7 Å². The number of rotatable bonds is 7. The Kier molecular flexibility index (Phi) is 6.38. The summed E-state index contributed by atoms with van der Waals surface area (Å²) in [5.74, 6) is -0.780. The van der Waals surface area contributed by atoms with E-state index in [1.165, 1.54) is 6.08 Å². The number of ketones is 1. The molecule has 4 rings (SSSR count). The van der Waals surface area contributed by atoms with E-state index in [1.807, 2.05) is 74.5 Å². The Balaban J connectivity index is 1.54. The first kappa shape index (κ1) is 22.4. The summed E-state index contributed by atoms with van der Waals surface area (Å²) < 4.78 is 0. The number of fused-ring (bicyclic) bond motifs is 1. The van der Waals surface area contributed by atoms with Crippen LogP contribution in [0.4, 0.5) is 5.69 Å². The van der Waals surface area contributed by atoms with Gasteiger partial charge in [-0.25, -0.2) is 0 Å². The van der Waals surface area contributed by atoms with Gasteiger partial charge >= 0.3 is 0 Å². The van der Waals surface area contributed by atoms with E-state index in [1.54, 1.807) is 29.2 Å². The number of nitrogens with zero attached hydrogens (tertiary/aromatic N) is 1. The summed E-state index contributed by atoms with van der Waals surface area (Å²) in [5, 5.41) is 11.4. The van der Waals surface area contributed by atoms with Gasteiger partial charge in [0.05, 0.1) is 18.7 Å². The lowest BCUT2D eigenvalue weighted by molar-refractivity contribution is -0.140. The van der Waals surface area contributed by atoms with Gasteiger partial charge in [-0.3, -0.25) is 9.59 Å². The Labute approximate surface area is 194 Å². The van der Waals surface area contributed by atoms with Crippen LogP contribution in [0.15, 0.2) is 91.0 Å². The highest BCUT2D eigenvalue weighted by Crippen LogP contribution is 2.43. The maximum Gasteiger partial charge on any atom is 0.264 e. The highest BCUT2D eigenvalue weighted by molar-refractivity contribution is 6.09. The average molecular weight is 438 g/mol. The smallest absolute Gasteiger partial charge is 0.264 e. The molecule has 1 aliphatic heterocycles. The van der Waals surface area contributed by atoms with E-state index in [0.29, 0.717) is 17.8 Å². The second kappa shape index (κ2) is 9.39. The standard InChI is InChI=1S/C29H27NO3/c1-21-16-17-22(2)24(18-21)20-30-27-15-9-8-14-26(27)29(33,28(30)32)19-25(31)13-7-6-12-23-10-4-3-5-11-23/h3-18,33H,19-20H2,1-2H3. The molecule has 0 radical (unpaired) electrons. The van der Waals surface area contributed by atoms with Crippen molar-refractivity contribution in [1.82, 2.24) is 0 Å². The Morgan fingerprint density at radius 2 is 1.70 bits per heavy atom. The summed E-state index contributed by atoms with van der Waals surface area (Å²) in [7, 11) is 0. The molecule has 4 heteroatoms. The molecule has 4 nitrogen and oxygen atoms in total. The molecule has 0 saturated carbocycles. The van der Waals surface area contributed by atoms with E-state index < -0.39 is 11.5 Å². The largest absolute Gasteiger partial charge is 0.375 e.